The Hall–Kier alpha value is -3.13. The zero-order valence-corrected chi connectivity index (χ0v) is 12.7. The molecule has 4 rings (SSSR count). The molecular weight excluding hydrogens is 282 g/mol. The lowest BCUT2D eigenvalue weighted by molar-refractivity contribution is 0.602. The molecule has 0 atom stereocenters. The Kier molecular flexibility index (Phi) is 4.99. The minimum Gasteiger partial charge on any atom is -0.443 e. The van der Waals surface area contributed by atoms with E-state index in [2.05, 4.69) is 41.4 Å². The van der Waals surface area contributed by atoms with E-state index in [1.807, 2.05) is 60.7 Å². The molecule has 23 heavy (non-hydrogen) atoms. The van der Waals surface area contributed by atoms with Gasteiger partial charge in [0.2, 0.25) is 0 Å². The molecular formula is C21H17NO. The Balaban J connectivity index is 0.000000149. The van der Waals surface area contributed by atoms with E-state index in [1.165, 1.54) is 17.5 Å². The largest absolute Gasteiger partial charge is 0.443 e. The molecule has 0 fully saturated rings. The molecule has 0 aliphatic carbocycles. The van der Waals surface area contributed by atoms with Crippen LogP contribution in [0.5, 0.6) is 0 Å². The van der Waals surface area contributed by atoms with Crippen LogP contribution in [0.1, 0.15) is 11.1 Å². The monoisotopic (exact) mass is 299 g/mol. The predicted octanol–water partition coefficient (Wildman–Crippen LogP) is 5.68. The number of nitrogens with zero attached hydrogens (tertiary/aromatic N) is 1. The van der Waals surface area contributed by atoms with Crippen molar-refractivity contribution in [2.45, 2.75) is 0 Å². The van der Waals surface area contributed by atoms with Gasteiger partial charge in [0.25, 0.3) is 0 Å². The van der Waals surface area contributed by atoms with Crippen LogP contribution in [0.3, 0.4) is 0 Å². The van der Waals surface area contributed by atoms with Crippen molar-refractivity contribution in [1.82, 2.24) is 4.98 Å². The first kappa shape index (κ1) is 14.8. The molecule has 0 N–H and O–H groups in total. The van der Waals surface area contributed by atoms with Crippen molar-refractivity contribution < 1.29 is 4.42 Å². The number of benzene rings is 3. The summed E-state index contributed by atoms with van der Waals surface area (Å²) in [7, 11) is 0. The van der Waals surface area contributed by atoms with Crippen molar-refractivity contribution in [2.75, 3.05) is 0 Å². The van der Waals surface area contributed by atoms with Gasteiger partial charge in [-0.2, -0.15) is 0 Å². The molecule has 3 aromatic carbocycles. The maximum Gasteiger partial charge on any atom is 0.181 e. The third kappa shape index (κ3) is 4.42. The topological polar surface area (TPSA) is 26.0 Å². The number of aromatic nitrogens is 1. The summed E-state index contributed by atoms with van der Waals surface area (Å²) >= 11 is 0. The standard InChI is InChI=1S/C14H12.C7H5NO/c1-3-7-13(8-4-1)11-12-14-9-5-2-6-10-14;1-2-4-7-6(3-1)8-5-9-7/h1-12H;1-5H/b12-11+;. The lowest BCUT2D eigenvalue weighted by atomic mass is 10.1. The quantitative estimate of drug-likeness (QED) is 0.445. The van der Waals surface area contributed by atoms with Gasteiger partial charge in [-0.1, -0.05) is 84.9 Å². The van der Waals surface area contributed by atoms with Crippen LogP contribution in [0.4, 0.5) is 0 Å². The Morgan fingerprint density at radius 2 is 1.13 bits per heavy atom. The molecule has 0 saturated carbocycles. The van der Waals surface area contributed by atoms with Gasteiger partial charge in [0.15, 0.2) is 12.0 Å². The normalized spacial score (nSPS) is 10.4. The average Bonchev–Trinajstić information content (AvgIpc) is 3.11. The first-order chi connectivity index (χ1) is 11.4. The summed E-state index contributed by atoms with van der Waals surface area (Å²) in [5, 5.41) is 0. The lowest BCUT2D eigenvalue weighted by Crippen LogP contribution is -1.70. The minimum atomic E-state index is 0.845. The second-order valence-corrected chi connectivity index (χ2v) is 4.97. The van der Waals surface area contributed by atoms with Crippen LogP contribution in [0.25, 0.3) is 23.3 Å². The molecule has 0 radical (unpaired) electrons. The molecule has 4 aromatic rings. The van der Waals surface area contributed by atoms with Crippen LogP contribution in [-0.4, -0.2) is 4.98 Å². The minimum absolute atomic E-state index is 0.845. The molecule has 0 aliphatic heterocycles. The molecule has 2 heteroatoms. The van der Waals surface area contributed by atoms with Crippen molar-refractivity contribution in [3.05, 3.63) is 102 Å². The SMILES string of the molecule is C(=C\c1ccccc1)/c1ccccc1.c1ccc2ocnc2c1. The molecule has 1 heterocycles. The highest BCUT2D eigenvalue weighted by atomic mass is 16.3. The predicted molar refractivity (Wildman–Crippen MR) is 95.8 cm³/mol. The van der Waals surface area contributed by atoms with E-state index in [1.54, 1.807) is 0 Å². The van der Waals surface area contributed by atoms with E-state index in [4.69, 9.17) is 4.42 Å². The highest BCUT2D eigenvalue weighted by Crippen LogP contribution is 2.09. The fourth-order valence-corrected chi connectivity index (χ4v) is 2.12. The summed E-state index contributed by atoms with van der Waals surface area (Å²) in [6.45, 7) is 0. The second-order valence-electron chi connectivity index (χ2n) is 4.97. The van der Waals surface area contributed by atoms with Crippen LogP contribution < -0.4 is 0 Å². The van der Waals surface area contributed by atoms with E-state index in [9.17, 15) is 0 Å². The first-order valence-electron chi connectivity index (χ1n) is 7.48. The zero-order valence-electron chi connectivity index (χ0n) is 12.7. The van der Waals surface area contributed by atoms with Crippen molar-refractivity contribution in [1.29, 1.82) is 0 Å². The number of para-hydroxylation sites is 2. The smallest absolute Gasteiger partial charge is 0.181 e. The summed E-state index contributed by atoms with van der Waals surface area (Å²) in [6.07, 6.45) is 5.69. The van der Waals surface area contributed by atoms with E-state index in [0.717, 1.165) is 11.1 Å². The Labute approximate surface area is 135 Å². The van der Waals surface area contributed by atoms with E-state index in [-0.39, 0.29) is 0 Å². The van der Waals surface area contributed by atoms with Crippen molar-refractivity contribution >= 4 is 23.3 Å². The maximum atomic E-state index is 5.01. The second kappa shape index (κ2) is 7.76. The van der Waals surface area contributed by atoms with E-state index < -0.39 is 0 Å². The van der Waals surface area contributed by atoms with Gasteiger partial charge in [0.1, 0.15) is 5.52 Å². The number of rotatable bonds is 2. The number of hydrogen-bond acceptors (Lipinski definition) is 2. The Morgan fingerprint density at radius 1 is 0.609 bits per heavy atom. The van der Waals surface area contributed by atoms with E-state index in [0.29, 0.717) is 0 Å². The van der Waals surface area contributed by atoms with Crippen LogP contribution >= 0.6 is 0 Å². The molecule has 0 aliphatic rings. The maximum absolute atomic E-state index is 5.01. The highest BCUT2D eigenvalue weighted by molar-refractivity contribution is 5.71. The number of fused-ring (bicyclic) bond motifs is 1. The van der Waals surface area contributed by atoms with Crippen LogP contribution in [0, 0.1) is 0 Å². The Morgan fingerprint density at radius 3 is 1.70 bits per heavy atom. The molecule has 1 aromatic heterocycles. The van der Waals surface area contributed by atoms with Crippen molar-refractivity contribution in [3.63, 3.8) is 0 Å². The summed E-state index contributed by atoms with van der Waals surface area (Å²) < 4.78 is 5.01. The summed E-state index contributed by atoms with van der Waals surface area (Å²) in [5.74, 6) is 0. The number of hydrogen-bond donors (Lipinski definition) is 0. The van der Waals surface area contributed by atoms with Gasteiger partial charge in [-0.05, 0) is 23.3 Å². The van der Waals surface area contributed by atoms with Crippen LogP contribution in [-0.2, 0) is 0 Å². The van der Waals surface area contributed by atoms with Crippen molar-refractivity contribution in [3.8, 4) is 0 Å². The van der Waals surface area contributed by atoms with Gasteiger partial charge >= 0.3 is 0 Å². The van der Waals surface area contributed by atoms with Gasteiger partial charge < -0.3 is 4.42 Å². The van der Waals surface area contributed by atoms with E-state index >= 15 is 0 Å². The molecule has 0 unspecified atom stereocenters. The fourth-order valence-electron chi connectivity index (χ4n) is 2.12. The van der Waals surface area contributed by atoms with Crippen LogP contribution in [0.15, 0.2) is 95.7 Å². The fraction of sp³-hybridized carbons (Fsp3) is 0. The third-order valence-electron chi connectivity index (χ3n) is 3.30. The van der Waals surface area contributed by atoms with Gasteiger partial charge in [-0.3, -0.25) is 0 Å². The lowest BCUT2D eigenvalue weighted by Gasteiger charge is -1.92. The summed E-state index contributed by atoms with van der Waals surface area (Å²) in [4.78, 5) is 3.95. The van der Waals surface area contributed by atoms with Gasteiger partial charge in [-0.15, -0.1) is 0 Å². The molecule has 112 valence electrons. The molecule has 0 spiro atoms. The number of oxazole rings is 1. The van der Waals surface area contributed by atoms with Crippen LogP contribution in [0.2, 0.25) is 0 Å². The highest BCUT2D eigenvalue weighted by Gasteiger charge is 1.91. The third-order valence-corrected chi connectivity index (χ3v) is 3.30. The zero-order chi connectivity index (χ0) is 15.7. The molecule has 0 amide bonds. The molecule has 0 saturated heterocycles. The van der Waals surface area contributed by atoms with Crippen molar-refractivity contribution in [2.24, 2.45) is 0 Å². The van der Waals surface area contributed by atoms with Gasteiger partial charge in [0.05, 0.1) is 0 Å². The Bertz CT molecular complexity index is 792. The van der Waals surface area contributed by atoms with Gasteiger partial charge in [-0.25, -0.2) is 4.98 Å². The molecule has 0 bridgehead atoms. The van der Waals surface area contributed by atoms with Gasteiger partial charge in [0, 0.05) is 0 Å². The molecule has 2 nitrogen and oxygen atoms in total. The summed E-state index contributed by atoms with van der Waals surface area (Å²) in [6, 6.07) is 28.3. The summed E-state index contributed by atoms with van der Waals surface area (Å²) in [5.41, 5.74) is 4.22. The first-order valence-corrected chi connectivity index (χ1v) is 7.48. The average molecular weight is 299 g/mol.